The van der Waals surface area contributed by atoms with Crippen molar-refractivity contribution in [2.24, 2.45) is 0 Å². The first kappa shape index (κ1) is 15.6. The zero-order chi connectivity index (χ0) is 15.5. The van der Waals surface area contributed by atoms with Crippen LogP contribution in [0.5, 0.6) is 11.5 Å². The van der Waals surface area contributed by atoms with Crippen molar-refractivity contribution < 1.29 is 18.8 Å². The normalized spacial score (nSPS) is 21.9. The van der Waals surface area contributed by atoms with Crippen LogP contribution in [-0.2, 0) is 4.57 Å². The van der Waals surface area contributed by atoms with Gasteiger partial charge in [0, 0.05) is 5.16 Å². The standard InChI is InChI=1S/C16H19O4P/c1-16(10-5-4-6-11-16)21(18)15(17)14-12(19-2)8-7-9-13(14)20-3/h4-10,21H,11H2,1-3H3. The summed E-state index contributed by atoms with van der Waals surface area (Å²) >= 11 is 0. The monoisotopic (exact) mass is 306 g/mol. The molecule has 0 saturated heterocycles. The lowest BCUT2D eigenvalue weighted by Crippen LogP contribution is -2.20. The van der Waals surface area contributed by atoms with Gasteiger partial charge in [0.2, 0.25) is 5.52 Å². The lowest BCUT2D eigenvalue weighted by atomic mass is 10.0. The first-order valence-electron chi connectivity index (χ1n) is 6.68. The minimum Gasteiger partial charge on any atom is -0.496 e. The van der Waals surface area contributed by atoms with Crippen molar-refractivity contribution in [1.82, 2.24) is 0 Å². The molecule has 0 N–H and O–H groups in total. The van der Waals surface area contributed by atoms with Crippen molar-refractivity contribution in [3.8, 4) is 11.5 Å². The van der Waals surface area contributed by atoms with E-state index in [1.54, 1.807) is 18.2 Å². The smallest absolute Gasteiger partial charge is 0.226 e. The third-order valence-electron chi connectivity index (χ3n) is 3.63. The molecular weight excluding hydrogens is 287 g/mol. The zero-order valence-electron chi connectivity index (χ0n) is 12.4. The number of carbonyl (C=O) groups is 1. The van der Waals surface area contributed by atoms with Gasteiger partial charge in [0.25, 0.3) is 0 Å². The highest BCUT2D eigenvalue weighted by Gasteiger charge is 2.36. The van der Waals surface area contributed by atoms with E-state index in [1.165, 1.54) is 14.2 Å². The van der Waals surface area contributed by atoms with Gasteiger partial charge < -0.3 is 14.0 Å². The third kappa shape index (κ3) is 2.96. The first-order valence-corrected chi connectivity index (χ1v) is 8.09. The number of hydrogen-bond donors (Lipinski definition) is 0. The van der Waals surface area contributed by atoms with Crippen LogP contribution >= 0.6 is 7.80 Å². The fourth-order valence-corrected chi connectivity index (χ4v) is 3.89. The Morgan fingerprint density at radius 1 is 1.19 bits per heavy atom. The number of rotatable bonds is 5. The highest BCUT2D eigenvalue weighted by molar-refractivity contribution is 7.66. The molecule has 1 aromatic rings. The molecule has 0 saturated carbocycles. The van der Waals surface area contributed by atoms with Crippen LogP contribution in [0, 0.1) is 0 Å². The minimum atomic E-state index is -2.57. The summed E-state index contributed by atoms with van der Waals surface area (Å²) in [6.07, 6.45) is 8.08. The second kappa shape index (κ2) is 6.31. The van der Waals surface area contributed by atoms with Gasteiger partial charge in [0.05, 0.1) is 14.2 Å². The van der Waals surface area contributed by atoms with E-state index < -0.39 is 18.5 Å². The van der Waals surface area contributed by atoms with Crippen LogP contribution in [0.15, 0.2) is 42.5 Å². The van der Waals surface area contributed by atoms with Crippen molar-refractivity contribution in [1.29, 1.82) is 0 Å². The molecule has 2 rings (SSSR count). The quantitative estimate of drug-likeness (QED) is 0.779. The Kier molecular flexibility index (Phi) is 4.69. The van der Waals surface area contributed by atoms with Gasteiger partial charge in [-0.05, 0) is 25.5 Å². The summed E-state index contributed by atoms with van der Waals surface area (Å²) in [6.45, 7) is 1.84. The Balaban J connectivity index is 2.43. The maximum Gasteiger partial charge on any atom is 0.226 e. The average Bonchev–Trinajstić information content (AvgIpc) is 2.53. The Hall–Kier alpha value is -1.80. The van der Waals surface area contributed by atoms with E-state index in [9.17, 15) is 9.36 Å². The highest BCUT2D eigenvalue weighted by atomic mass is 31.1. The van der Waals surface area contributed by atoms with Crippen LogP contribution in [0.2, 0.25) is 0 Å². The van der Waals surface area contributed by atoms with Gasteiger partial charge >= 0.3 is 0 Å². The molecule has 0 bridgehead atoms. The van der Waals surface area contributed by atoms with E-state index in [-0.39, 0.29) is 5.56 Å². The Morgan fingerprint density at radius 3 is 2.29 bits per heavy atom. The highest BCUT2D eigenvalue weighted by Crippen LogP contribution is 2.49. The number of hydrogen-bond acceptors (Lipinski definition) is 4. The first-order chi connectivity index (χ1) is 10.0. The Labute approximate surface area is 125 Å². The van der Waals surface area contributed by atoms with E-state index in [0.717, 1.165) is 0 Å². The molecular formula is C16H19O4P. The summed E-state index contributed by atoms with van der Waals surface area (Å²) in [5.74, 6) is 0.772. The largest absolute Gasteiger partial charge is 0.496 e. The summed E-state index contributed by atoms with van der Waals surface area (Å²) in [5, 5.41) is -0.637. The topological polar surface area (TPSA) is 52.6 Å². The van der Waals surface area contributed by atoms with Gasteiger partial charge in [-0.25, -0.2) is 0 Å². The van der Waals surface area contributed by atoms with E-state index in [4.69, 9.17) is 9.47 Å². The van der Waals surface area contributed by atoms with Crippen molar-refractivity contribution in [2.75, 3.05) is 14.2 Å². The molecule has 1 aromatic carbocycles. The number of carbonyl (C=O) groups excluding carboxylic acids is 1. The van der Waals surface area contributed by atoms with Gasteiger partial charge in [-0.2, -0.15) is 0 Å². The summed E-state index contributed by atoms with van der Waals surface area (Å²) in [6, 6.07) is 5.07. The van der Waals surface area contributed by atoms with Gasteiger partial charge in [0.1, 0.15) is 17.1 Å². The molecule has 5 heteroatoms. The molecule has 0 spiro atoms. The van der Waals surface area contributed by atoms with Gasteiger partial charge in [0.15, 0.2) is 7.80 Å². The van der Waals surface area contributed by atoms with Crippen molar-refractivity contribution in [3.05, 3.63) is 48.1 Å². The maximum atomic E-state index is 12.8. The van der Waals surface area contributed by atoms with Crippen LogP contribution in [0.25, 0.3) is 0 Å². The molecule has 0 fully saturated rings. The van der Waals surface area contributed by atoms with Crippen LogP contribution in [-0.4, -0.2) is 24.9 Å². The predicted octanol–water partition coefficient (Wildman–Crippen LogP) is 3.68. The summed E-state index contributed by atoms with van der Waals surface area (Å²) < 4.78 is 23.2. The van der Waals surface area contributed by atoms with Crippen molar-refractivity contribution >= 4 is 13.3 Å². The van der Waals surface area contributed by atoms with Crippen LogP contribution in [0.4, 0.5) is 0 Å². The second-order valence-electron chi connectivity index (χ2n) is 5.10. The molecule has 0 radical (unpaired) electrons. The maximum absolute atomic E-state index is 12.8. The third-order valence-corrected chi connectivity index (χ3v) is 5.70. The fraction of sp³-hybridized carbons (Fsp3) is 0.312. The van der Waals surface area contributed by atoms with Crippen LogP contribution in [0.3, 0.4) is 0 Å². The average molecular weight is 306 g/mol. The minimum absolute atomic E-state index is 0.260. The molecule has 0 heterocycles. The van der Waals surface area contributed by atoms with Gasteiger partial charge in [-0.3, -0.25) is 4.79 Å². The second-order valence-corrected chi connectivity index (χ2v) is 7.36. The lowest BCUT2D eigenvalue weighted by Gasteiger charge is -2.25. The lowest BCUT2D eigenvalue weighted by molar-refractivity contribution is 0.107. The number of benzene rings is 1. The molecule has 2 unspecified atom stereocenters. The van der Waals surface area contributed by atoms with Crippen LogP contribution in [0.1, 0.15) is 23.7 Å². The molecule has 112 valence electrons. The number of methoxy groups -OCH3 is 2. The molecule has 2 atom stereocenters. The summed E-state index contributed by atoms with van der Waals surface area (Å²) in [7, 11) is 0.390. The van der Waals surface area contributed by atoms with E-state index in [1.807, 2.05) is 31.2 Å². The zero-order valence-corrected chi connectivity index (χ0v) is 13.4. The van der Waals surface area contributed by atoms with E-state index >= 15 is 0 Å². The van der Waals surface area contributed by atoms with E-state index in [0.29, 0.717) is 17.9 Å². The van der Waals surface area contributed by atoms with Gasteiger partial charge in [-0.15, -0.1) is 0 Å². The van der Waals surface area contributed by atoms with Crippen molar-refractivity contribution in [3.63, 3.8) is 0 Å². The summed E-state index contributed by atoms with van der Waals surface area (Å²) in [5.41, 5.74) is -0.146. The molecule has 0 aliphatic heterocycles. The fourth-order valence-electron chi connectivity index (χ4n) is 2.34. The molecule has 0 amide bonds. The number of allylic oxidation sites excluding steroid dienone is 4. The predicted molar refractivity (Wildman–Crippen MR) is 84.2 cm³/mol. The van der Waals surface area contributed by atoms with Crippen molar-refractivity contribution in [2.45, 2.75) is 18.5 Å². The molecule has 1 aliphatic carbocycles. The molecule has 0 aromatic heterocycles. The van der Waals surface area contributed by atoms with Crippen LogP contribution < -0.4 is 9.47 Å². The molecule has 1 aliphatic rings. The van der Waals surface area contributed by atoms with Gasteiger partial charge in [-0.1, -0.05) is 30.4 Å². The Bertz CT molecular complexity index is 611. The molecule has 21 heavy (non-hydrogen) atoms. The Morgan fingerprint density at radius 2 is 1.81 bits per heavy atom. The molecule has 4 nitrogen and oxygen atoms in total. The number of ether oxygens (including phenoxy) is 2. The van der Waals surface area contributed by atoms with E-state index in [2.05, 4.69) is 0 Å². The summed E-state index contributed by atoms with van der Waals surface area (Å²) in [4.78, 5) is 12.7. The SMILES string of the molecule is COc1cccc(OC)c1C(=O)[PH](=O)C1(C)C=CC=CC1.